The fraction of sp³-hybridized carbons (Fsp3) is 0.111. The van der Waals surface area contributed by atoms with Gasteiger partial charge in [-0.25, -0.2) is 4.98 Å². The lowest BCUT2D eigenvalue weighted by molar-refractivity contribution is -0.137. The van der Waals surface area contributed by atoms with Crippen molar-refractivity contribution in [2.45, 2.75) is 6.18 Å². The van der Waals surface area contributed by atoms with Crippen LogP contribution >= 0.6 is 43.4 Å². The van der Waals surface area contributed by atoms with Crippen LogP contribution in [0, 0.1) is 0 Å². The van der Waals surface area contributed by atoms with E-state index in [2.05, 4.69) is 41.2 Å². The first-order valence-electron chi connectivity index (χ1n) is 4.24. The van der Waals surface area contributed by atoms with Gasteiger partial charge in [0.05, 0.1) is 5.56 Å². The van der Waals surface area contributed by atoms with E-state index in [0.717, 1.165) is 17.6 Å². The molecule has 90 valence electrons. The molecule has 1 heterocycles. The summed E-state index contributed by atoms with van der Waals surface area (Å²) in [5.74, 6) is 0.0710. The van der Waals surface area contributed by atoms with Gasteiger partial charge in [-0.05, 0) is 45.7 Å². The number of nitrogens with zero attached hydrogens (tertiary/aromatic N) is 2. The fourth-order valence-electron chi connectivity index (χ4n) is 1.26. The summed E-state index contributed by atoms with van der Waals surface area (Å²) in [5.41, 5.74) is -0.778. The van der Waals surface area contributed by atoms with Crippen LogP contribution < -0.4 is 0 Å². The molecule has 1 aromatic carbocycles. The van der Waals surface area contributed by atoms with E-state index in [4.69, 9.17) is 0 Å². The Morgan fingerprint density at radius 1 is 1.18 bits per heavy atom. The molecule has 2 aromatic rings. The molecule has 0 spiro atoms. The Hall–Kier alpha value is -0.470. The highest BCUT2D eigenvalue weighted by molar-refractivity contribution is 9.11. The van der Waals surface area contributed by atoms with Crippen LogP contribution in [0.3, 0.4) is 0 Å². The standard InChI is InChI=1S/C9H3Br2F3N2S/c10-4-1-2-5(6(3-4)9(12,13)14)7-15-8(11)17-16-7/h1-3H. The molecule has 0 saturated carbocycles. The van der Waals surface area contributed by atoms with E-state index in [-0.39, 0.29) is 11.4 Å². The molecular weight excluding hydrogens is 385 g/mol. The number of hydrogen-bond donors (Lipinski definition) is 0. The third-order valence-electron chi connectivity index (χ3n) is 1.93. The third kappa shape index (κ3) is 2.86. The summed E-state index contributed by atoms with van der Waals surface area (Å²) in [4.78, 5) is 3.89. The van der Waals surface area contributed by atoms with Crippen molar-refractivity contribution in [2.24, 2.45) is 0 Å². The van der Waals surface area contributed by atoms with E-state index in [9.17, 15) is 13.2 Å². The maximum Gasteiger partial charge on any atom is 0.417 e. The molecule has 0 aliphatic carbocycles. The van der Waals surface area contributed by atoms with E-state index in [1.807, 2.05) is 0 Å². The third-order valence-corrected chi connectivity index (χ3v) is 3.54. The van der Waals surface area contributed by atoms with Crippen LogP contribution in [0.5, 0.6) is 0 Å². The molecule has 0 atom stereocenters. The fourth-order valence-corrected chi connectivity index (χ4v) is 2.43. The second-order valence-corrected chi connectivity index (χ2v) is 6.00. The van der Waals surface area contributed by atoms with Gasteiger partial charge >= 0.3 is 6.18 Å². The Balaban J connectivity index is 2.61. The molecule has 2 nitrogen and oxygen atoms in total. The molecule has 1 aromatic heterocycles. The number of rotatable bonds is 1. The Morgan fingerprint density at radius 2 is 1.88 bits per heavy atom. The second-order valence-electron chi connectivity index (χ2n) is 3.06. The number of hydrogen-bond acceptors (Lipinski definition) is 3. The second kappa shape index (κ2) is 4.66. The molecule has 0 aliphatic rings. The van der Waals surface area contributed by atoms with E-state index >= 15 is 0 Å². The molecule has 0 N–H and O–H groups in total. The van der Waals surface area contributed by atoms with Gasteiger partial charge in [0.25, 0.3) is 0 Å². The van der Waals surface area contributed by atoms with Crippen molar-refractivity contribution >= 4 is 43.4 Å². The van der Waals surface area contributed by atoms with Crippen LogP contribution in [-0.2, 0) is 6.18 Å². The van der Waals surface area contributed by atoms with Crippen molar-refractivity contribution in [3.05, 3.63) is 32.2 Å². The van der Waals surface area contributed by atoms with Gasteiger partial charge < -0.3 is 0 Å². The molecular formula is C9H3Br2F3N2S. The molecule has 17 heavy (non-hydrogen) atoms. The highest BCUT2D eigenvalue weighted by Gasteiger charge is 2.34. The Bertz CT molecular complexity index is 553. The molecule has 0 unspecified atom stereocenters. The Morgan fingerprint density at radius 3 is 2.41 bits per heavy atom. The van der Waals surface area contributed by atoms with Gasteiger partial charge in [0.2, 0.25) is 0 Å². The average molecular weight is 388 g/mol. The highest BCUT2D eigenvalue weighted by atomic mass is 79.9. The van der Waals surface area contributed by atoms with Gasteiger partial charge in [0, 0.05) is 10.0 Å². The first-order chi connectivity index (χ1) is 7.88. The van der Waals surface area contributed by atoms with Crippen molar-refractivity contribution in [3.8, 4) is 11.4 Å². The van der Waals surface area contributed by atoms with Gasteiger partial charge in [0.15, 0.2) is 9.74 Å². The number of benzene rings is 1. The van der Waals surface area contributed by atoms with Crippen LogP contribution in [0.25, 0.3) is 11.4 Å². The minimum Gasteiger partial charge on any atom is -0.208 e. The first-order valence-corrected chi connectivity index (χ1v) is 6.60. The van der Waals surface area contributed by atoms with E-state index in [1.54, 1.807) is 0 Å². The predicted octanol–water partition coefficient (Wildman–Crippen LogP) is 4.75. The number of halogens is 5. The maximum atomic E-state index is 12.8. The predicted molar refractivity (Wildman–Crippen MR) is 65.7 cm³/mol. The zero-order chi connectivity index (χ0) is 12.6. The van der Waals surface area contributed by atoms with E-state index in [0.29, 0.717) is 8.39 Å². The van der Waals surface area contributed by atoms with Crippen molar-refractivity contribution in [1.29, 1.82) is 0 Å². The van der Waals surface area contributed by atoms with Crippen molar-refractivity contribution in [3.63, 3.8) is 0 Å². The van der Waals surface area contributed by atoms with Crippen molar-refractivity contribution < 1.29 is 13.2 Å². The van der Waals surface area contributed by atoms with Crippen LogP contribution in [0.2, 0.25) is 0 Å². The number of aromatic nitrogens is 2. The molecule has 0 fully saturated rings. The average Bonchev–Trinajstić information content (AvgIpc) is 2.63. The maximum absolute atomic E-state index is 12.8. The quantitative estimate of drug-likeness (QED) is 0.705. The van der Waals surface area contributed by atoms with Gasteiger partial charge in [-0.1, -0.05) is 15.9 Å². The zero-order valence-electron chi connectivity index (χ0n) is 7.92. The molecule has 0 aliphatic heterocycles. The molecule has 0 saturated heterocycles. The van der Waals surface area contributed by atoms with Crippen LogP contribution in [0.4, 0.5) is 13.2 Å². The van der Waals surface area contributed by atoms with Gasteiger partial charge in [-0.2, -0.15) is 17.5 Å². The molecule has 0 radical (unpaired) electrons. The number of alkyl halides is 3. The lowest BCUT2D eigenvalue weighted by Crippen LogP contribution is -2.07. The monoisotopic (exact) mass is 386 g/mol. The molecule has 0 bridgehead atoms. The lowest BCUT2D eigenvalue weighted by Gasteiger charge is -2.10. The Labute approximate surface area is 115 Å². The van der Waals surface area contributed by atoms with Crippen LogP contribution in [0.1, 0.15) is 5.56 Å². The normalized spacial score (nSPS) is 11.8. The summed E-state index contributed by atoms with van der Waals surface area (Å²) >= 11 is 7.09. The lowest BCUT2D eigenvalue weighted by atomic mass is 10.1. The summed E-state index contributed by atoms with van der Waals surface area (Å²) in [6.07, 6.45) is -4.43. The summed E-state index contributed by atoms with van der Waals surface area (Å²) in [6.45, 7) is 0. The van der Waals surface area contributed by atoms with E-state index < -0.39 is 11.7 Å². The Kier molecular flexibility index (Phi) is 3.55. The van der Waals surface area contributed by atoms with Crippen LogP contribution in [-0.4, -0.2) is 9.36 Å². The topological polar surface area (TPSA) is 25.8 Å². The zero-order valence-corrected chi connectivity index (χ0v) is 11.9. The first kappa shape index (κ1) is 13.0. The van der Waals surface area contributed by atoms with Gasteiger partial charge in [-0.15, -0.1) is 0 Å². The largest absolute Gasteiger partial charge is 0.417 e. The molecule has 0 amide bonds. The summed E-state index contributed by atoms with van der Waals surface area (Å²) in [5, 5.41) is 0. The molecule has 8 heteroatoms. The van der Waals surface area contributed by atoms with E-state index in [1.165, 1.54) is 12.1 Å². The summed E-state index contributed by atoms with van der Waals surface area (Å²) < 4.78 is 43.2. The molecule has 2 rings (SSSR count). The highest BCUT2D eigenvalue weighted by Crippen LogP contribution is 2.38. The summed E-state index contributed by atoms with van der Waals surface area (Å²) in [7, 11) is 0. The van der Waals surface area contributed by atoms with Gasteiger partial charge in [-0.3, -0.25) is 0 Å². The smallest absolute Gasteiger partial charge is 0.208 e. The van der Waals surface area contributed by atoms with Crippen LogP contribution in [0.15, 0.2) is 26.6 Å². The van der Waals surface area contributed by atoms with Gasteiger partial charge in [0.1, 0.15) is 0 Å². The minimum absolute atomic E-state index is 0.0253. The minimum atomic E-state index is -4.43. The SMILES string of the molecule is FC(F)(F)c1cc(Br)ccc1-c1nsc(Br)n1. The van der Waals surface area contributed by atoms with Crippen molar-refractivity contribution in [2.75, 3.05) is 0 Å². The summed E-state index contributed by atoms with van der Waals surface area (Å²) in [6, 6.07) is 3.89. The van der Waals surface area contributed by atoms with Crippen molar-refractivity contribution in [1.82, 2.24) is 9.36 Å².